The van der Waals surface area contributed by atoms with Crippen molar-refractivity contribution in [2.45, 2.75) is 25.8 Å². The van der Waals surface area contributed by atoms with Gasteiger partial charge in [-0.05, 0) is 44.0 Å². The molecule has 0 saturated carbocycles. The topological polar surface area (TPSA) is 58.2 Å². The lowest BCUT2D eigenvalue weighted by molar-refractivity contribution is 0.528. The van der Waals surface area contributed by atoms with E-state index in [9.17, 15) is 12.8 Å². The second-order valence-electron chi connectivity index (χ2n) is 4.71. The minimum absolute atomic E-state index is 0.226. The highest BCUT2D eigenvalue weighted by Gasteiger charge is 2.03. The predicted octanol–water partition coefficient (Wildman–Crippen LogP) is 1.29. The van der Waals surface area contributed by atoms with E-state index < -0.39 is 10.0 Å². The molecule has 6 heteroatoms. The molecule has 1 atom stereocenters. The van der Waals surface area contributed by atoms with Crippen LogP contribution in [0.2, 0.25) is 0 Å². The Balaban J connectivity index is 2.18. The summed E-state index contributed by atoms with van der Waals surface area (Å²) in [5, 5.41) is 3.30. The Labute approximate surface area is 114 Å². The van der Waals surface area contributed by atoms with Gasteiger partial charge >= 0.3 is 0 Å². The predicted molar refractivity (Wildman–Crippen MR) is 75.0 cm³/mol. The second-order valence-corrected chi connectivity index (χ2v) is 6.54. The summed E-state index contributed by atoms with van der Waals surface area (Å²) in [6.45, 7) is 3.23. The highest BCUT2D eigenvalue weighted by Crippen LogP contribution is 2.05. The van der Waals surface area contributed by atoms with Crippen molar-refractivity contribution in [1.82, 2.24) is 10.0 Å². The molecule has 1 aromatic carbocycles. The van der Waals surface area contributed by atoms with Crippen LogP contribution in [0.3, 0.4) is 0 Å². The van der Waals surface area contributed by atoms with Gasteiger partial charge in [0, 0.05) is 12.6 Å². The molecule has 0 aliphatic carbocycles. The van der Waals surface area contributed by atoms with Gasteiger partial charge in [-0.2, -0.15) is 0 Å². The fraction of sp³-hybridized carbons (Fsp3) is 0.538. The zero-order valence-corrected chi connectivity index (χ0v) is 12.1. The van der Waals surface area contributed by atoms with Crippen LogP contribution in [0, 0.1) is 5.82 Å². The van der Waals surface area contributed by atoms with Crippen LogP contribution in [0.4, 0.5) is 4.39 Å². The molecule has 19 heavy (non-hydrogen) atoms. The smallest absolute Gasteiger partial charge is 0.208 e. The molecular weight excluding hydrogens is 267 g/mol. The van der Waals surface area contributed by atoms with E-state index in [0.717, 1.165) is 31.2 Å². The van der Waals surface area contributed by atoms with Crippen molar-refractivity contribution in [2.24, 2.45) is 0 Å². The third-order valence-electron chi connectivity index (χ3n) is 2.67. The molecule has 0 fully saturated rings. The average Bonchev–Trinajstić information content (AvgIpc) is 2.30. The van der Waals surface area contributed by atoms with Crippen LogP contribution in [0.15, 0.2) is 24.3 Å². The van der Waals surface area contributed by atoms with Crippen molar-refractivity contribution >= 4 is 10.0 Å². The first kappa shape index (κ1) is 16.1. The first-order valence-corrected chi connectivity index (χ1v) is 8.18. The summed E-state index contributed by atoms with van der Waals surface area (Å²) in [7, 11) is -3.09. The van der Waals surface area contributed by atoms with Gasteiger partial charge in [0.25, 0.3) is 0 Å². The van der Waals surface area contributed by atoms with Gasteiger partial charge in [0.05, 0.1) is 6.26 Å². The van der Waals surface area contributed by atoms with E-state index in [1.807, 2.05) is 6.92 Å². The number of halogens is 1. The Bertz CT molecular complexity index is 474. The van der Waals surface area contributed by atoms with Gasteiger partial charge in [-0.15, -0.1) is 0 Å². The minimum Gasteiger partial charge on any atom is -0.314 e. The molecule has 108 valence electrons. The molecule has 0 saturated heterocycles. The first-order chi connectivity index (χ1) is 8.87. The molecule has 0 amide bonds. The Hall–Kier alpha value is -0.980. The van der Waals surface area contributed by atoms with Crippen molar-refractivity contribution in [3.63, 3.8) is 0 Å². The molecule has 0 radical (unpaired) electrons. The Morgan fingerprint density at radius 1 is 1.21 bits per heavy atom. The quantitative estimate of drug-likeness (QED) is 0.709. The minimum atomic E-state index is -3.09. The molecule has 0 spiro atoms. The molecule has 0 aliphatic rings. The number of hydrogen-bond donors (Lipinski definition) is 2. The third kappa shape index (κ3) is 7.92. The normalized spacial score (nSPS) is 13.4. The maximum Gasteiger partial charge on any atom is 0.208 e. The van der Waals surface area contributed by atoms with Crippen molar-refractivity contribution in [2.75, 3.05) is 19.3 Å². The van der Waals surface area contributed by atoms with Gasteiger partial charge in [0.2, 0.25) is 10.0 Å². The Kier molecular flexibility index (Phi) is 6.41. The maximum atomic E-state index is 12.7. The van der Waals surface area contributed by atoms with Crippen LogP contribution in [0.5, 0.6) is 0 Å². The molecule has 0 aromatic heterocycles. The van der Waals surface area contributed by atoms with Crippen LogP contribution in [0.25, 0.3) is 0 Å². The van der Waals surface area contributed by atoms with Crippen molar-refractivity contribution in [1.29, 1.82) is 0 Å². The van der Waals surface area contributed by atoms with Crippen LogP contribution < -0.4 is 10.0 Å². The van der Waals surface area contributed by atoms with Crippen LogP contribution >= 0.6 is 0 Å². The molecule has 1 aromatic rings. The van der Waals surface area contributed by atoms with E-state index in [4.69, 9.17) is 0 Å². The number of rotatable bonds is 8. The summed E-state index contributed by atoms with van der Waals surface area (Å²) < 4.78 is 36.8. The SMILES string of the molecule is CC(Cc1ccc(F)cc1)NCCCNS(C)(=O)=O. The van der Waals surface area contributed by atoms with Gasteiger partial charge in [-0.3, -0.25) is 0 Å². The van der Waals surface area contributed by atoms with Crippen LogP contribution in [-0.4, -0.2) is 33.8 Å². The zero-order chi connectivity index (χ0) is 14.3. The molecule has 1 rings (SSSR count). The number of hydrogen-bond acceptors (Lipinski definition) is 3. The Morgan fingerprint density at radius 3 is 2.42 bits per heavy atom. The Morgan fingerprint density at radius 2 is 1.84 bits per heavy atom. The number of sulfonamides is 1. The summed E-state index contributed by atoms with van der Waals surface area (Å²) >= 11 is 0. The third-order valence-corrected chi connectivity index (χ3v) is 3.39. The number of nitrogens with one attached hydrogen (secondary N) is 2. The second kappa shape index (κ2) is 7.57. The molecule has 0 bridgehead atoms. The molecule has 0 aliphatic heterocycles. The van der Waals surface area contributed by atoms with Gasteiger partial charge in [0.15, 0.2) is 0 Å². The van der Waals surface area contributed by atoms with E-state index in [0.29, 0.717) is 6.54 Å². The monoisotopic (exact) mass is 288 g/mol. The molecule has 4 nitrogen and oxygen atoms in total. The molecule has 0 heterocycles. The van der Waals surface area contributed by atoms with E-state index in [1.165, 1.54) is 12.1 Å². The van der Waals surface area contributed by atoms with Crippen molar-refractivity contribution < 1.29 is 12.8 Å². The molecular formula is C13H21FN2O2S. The van der Waals surface area contributed by atoms with Gasteiger partial charge < -0.3 is 5.32 Å². The fourth-order valence-corrected chi connectivity index (χ4v) is 2.26. The van der Waals surface area contributed by atoms with E-state index >= 15 is 0 Å². The standard InChI is InChI=1S/C13H21FN2O2S/c1-11(10-12-4-6-13(14)7-5-12)15-8-3-9-16-19(2,17)18/h4-7,11,15-16H,3,8-10H2,1-2H3. The van der Waals surface area contributed by atoms with Crippen molar-refractivity contribution in [3.8, 4) is 0 Å². The van der Waals surface area contributed by atoms with E-state index in [2.05, 4.69) is 10.0 Å². The van der Waals surface area contributed by atoms with Crippen molar-refractivity contribution in [3.05, 3.63) is 35.6 Å². The van der Waals surface area contributed by atoms with E-state index in [1.54, 1.807) is 12.1 Å². The summed E-state index contributed by atoms with van der Waals surface area (Å²) in [6.07, 6.45) is 2.71. The summed E-state index contributed by atoms with van der Waals surface area (Å²) in [5.74, 6) is -0.226. The van der Waals surface area contributed by atoms with Gasteiger partial charge in [0.1, 0.15) is 5.82 Å². The van der Waals surface area contributed by atoms with Crippen LogP contribution in [-0.2, 0) is 16.4 Å². The summed E-state index contributed by atoms with van der Waals surface area (Å²) in [4.78, 5) is 0. The lowest BCUT2D eigenvalue weighted by Gasteiger charge is -2.13. The number of benzene rings is 1. The van der Waals surface area contributed by atoms with Crippen LogP contribution in [0.1, 0.15) is 18.9 Å². The zero-order valence-electron chi connectivity index (χ0n) is 11.3. The summed E-state index contributed by atoms with van der Waals surface area (Å²) in [5.41, 5.74) is 1.08. The first-order valence-electron chi connectivity index (χ1n) is 6.29. The summed E-state index contributed by atoms with van der Waals surface area (Å²) in [6, 6.07) is 6.73. The molecule has 2 N–H and O–H groups in total. The highest BCUT2D eigenvalue weighted by atomic mass is 32.2. The highest BCUT2D eigenvalue weighted by molar-refractivity contribution is 7.88. The lowest BCUT2D eigenvalue weighted by Crippen LogP contribution is -2.31. The molecule has 1 unspecified atom stereocenters. The lowest BCUT2D eigenvalue weighted by atomic mass is 10.1. The maximum absolute atomic E-state index is 12.7. The van der Waals surface area contributed by atoms with E-state index in [-0.39, 0.29) is 11.9 Å². The fourth-order valence-electron chi connectivity index (χ4n) is 1.74. The van der Waals surface area contributed by atoms with Gasteiger partial charge in [-0.1, -0.05) is 12.1 Å². The largest absolute Gasteiger partial charge is 0.314 e. The average molecular weight is 288 g/mol. The van der Waals surface area contributed by atoms with Gasteiger partial charge in [-0.25, -0.2) is 17.5 Å².